The smallest absolute Gasteiger partial charge is 0.138 e. The summed E-state index contributed by atoms with van der Waals surface area (Å²) in [5.74, 6) is 0.832. The van der Waals surface area contributed by atoms with Crippen molar-refractivity contribution in [1.82, 2.24) is 19.3 Å². The van der Waals surface area contributed by atoms with Gasteiger partial charge < -0.3 is 5.32 Å². The van der Waals surface area contributed by atoms with Gasteiger partial charge in [0.15, 0.2) is 0 Å². The summed E-state index contributed by atoms with van der Waals surface area (Å²) in [6.45, 7) is 3.61. The summed E-state index contributed by atoms with van der Waals surface area (Å²) in [5.41, 5.74) is 4.06. The van der Waals surface area contributed by atoms with Gasteiger partial charge in [0.1, 0.15) is 12.1 Å². The number of aromatic nitrogens is 3. The molecule has 150 valence electrons. The van der Waals surface area contributed by atoms with Crippen LogP contribution in [-0.4, -0.2) is 24.6 Å². The van der Waals surface area contributed by atoms with Crippen LogP contribution in [0.4, 0.5) is 11.5 Å². The number of halogens is 1. The molecular weight excluding hydrogens is 414 g/mol. The van der Waals surface area contributed by atoms with Crippen LogP contribution in [0.5, 0.6) is 0 Å². The summed E-state index contributed by atoms with van der Waals surface area (Å²) in [7, 11) is -0.213. The first kappa shape index (κ1) is 19.2. The molecule has 1 N–H and O–H groups in total. The van der Waals surface area contributed by atoms with Gasteiger partial charge in [-0.2, -0.15) is 0 Å². The standard InChI is InChI=1S/C23H20ClN5S/c1-2-30(22-10-6-4-8-19(22)24)29-13-18-21(14-29)26-15-27-23(18)28-17-11-16-7-3-5-9-20(16)25-12-17/h2-12,15H,13-14H2,1H3,(H,26,27,28). The molecule has 1 atom stereocenters. The van der Waals surface area contributed by atoms with E-state index in [0.717, 1.165) is 56.7 Å². The van der Waals surface area contributed by atoms with Crippen molar-refractivity contribution in [3.63, 3.8) is 0 Å². The van der Waals surface area contributed by atoms with Gasteiger partial charge in [-0.25, -0.2) is 14.3 Å². The number of hydrogen-bond donors (Lipinski definition) is 1. The summed E-state index contributed by atoms with van der Waals surface area (Å²) in [6, 6.07) is 18.2. The Balaban J connectivity index is 1.44. The summed E-state index contributed by atoms with van der Waals surface area (Å²) in [5, 5.41) is 7.55. The maximum Gasteiger partial charge on any atom is 0.138 e. The fraction of sp³-hybridized carbons (Fsp3) is 0.130. The van der Waals surface area contributed by atoms with Gasteiger partial charge >= 0.3 is 0 Å². The third-order valence-corrected chi connectivity index (χ3v) is 7.62. The molecule has 0 saturated carbocycles. The highest BCUT2D eigenvalue weighted by atomic mass is 35.5. The highest BCUT2D eigenvalue weighted by Gasteiger charge is 2.27. The zero-order valence-electron chi connectivity index (χ0n) is 16.4. The van der Waals surface area contributed by atoms with Gasteiger partial charge in [-0.15, -0.1) is 0 Å². The molecule has 30 heavy (non-hydrogen) atoms. The van der Waals surface area contributed by atoms with E-state index in [9.17, 15) is 0 Å². The van der Waals surface area contributed by atoms with E-state index in [1.54, 1.807) is 6.33 Å². The average Bonchev–Trinajstić information content (AvgIpc) is 3.20. The van der Waals surface area contributed by atoms with E-state index in [2.05, 4.69) is 55.1 Å². The van der Waals surface area contributed by atoms with Crippen LogP contribution >= 0.6 is 22.3 Å². The summed E-state index contributed by atoms with van der Waals surface area (Å²) < 4.78 is 2.39. The third-order valence-electron chi connectivity index (χ3n) is 5.11. The van der Waals surface area contributed by atoms with Gasteiger partial charge in [-0.1, -0.05) is 52.6 Å². The molecule has 0 spiro atoms. The zero-order chi connectivity index (χ0) is 20.5. The number of fused-ring (bicyclic) bond motifs is 2. The second-order valence-electron chi connectivity index (χ2n) is 6.97. The molecular formula is C23H20ClN5S. The van der Waals surface area contributed by atoms with Crippen LogP contribution in [0.25, 0.3) is 10.9 Å². The van der Waals surface area contributed by atoms with Crippen molar-refractivity contribution in [1.29, 1.82) is 0 Å². The lowest BCUT2D eigenvalue weighted by Gasteiger charge is -2.21. The van der Waals surface area contributed by atoms with E-state index in [-0.39, 0.29) is 10.7 Å². The van der Waals surface area contributed by atoms with Crippen molar-refractivity contribution >= 4 is 50.0 Å². The Bertz CT molecular complexity index is 1270. The maximum absolute atomic E-state index is 6.49. The molecule has 7 heteroatoms. The van der Waals surface area contributed by atoms with E-state index in [1.165, 1.54) is 0 Å². The van der Waals surface area contributed by atoms with Crippen molar-refractivity contribution in [3.05, 3.63) is 83.4 Å². The molecule has 0 radical (unpaired) electrons. The zero-order valence-corrected chi connectivity index (χ0v) is 18.0. The number of hydrogen-bond acceptors (Lipinski definition) is 5. The van der Waals surface area contributed by atoms with Crippen LogP contribution in [0.15, 0.2) is 72.0 Å². The Kier molecular flexibility index (Phi) is 5.21. The predicted molar refractivity (Wildman–Crippen MR) is 125 cm³/mol. The lowest BCUT2D eigenvalue weighted by Crippen LogP contribution is -2.10. The largest absolute Gasteiger partial charge is 0.339 e. The van der Waals surface area contributed by atoms with Gasteiger partial charge in [0.05, 0.1) is 34.7 Å². The van der Waals surface area contributed by atoms with Crippen LogP contribution in [-0.2, 0) is 13.1 Å². The van der Waals surface area contributed by atoms with Crippen LogP contribution in [0, 0.1) is 0 Å². The third kappa shape index (κ3) is 3.58. The fourth-order valence-electron chi connectivity index (χ4n) is 3.70. The first-order valence-corrected chi connectivity index (χ1v) is 11.3. The molecule has 0 aliphatic carbocycles. The van der Waals surface area contributed by atoms with Crippen LogP contribution in [0.3, 0.4) is 0 Å². The molecule has 3 heterocycles. The molecule has 0 fully saturated rings. The Morgan fingerprint density at radius 2 is 1.87 bits per heavy atom. The summed E-state index contributed by atoms with van der Waals surface area (Å²) in [4.78, 5) is 14.7. The minimum Gasteiger partial charge on any atom is -0.339 e. The number of rotatable bonds is 4. The van der Waals surface area contributed by atoms with Crippen molar-refractivity contribution in [2.24, 2.45) is 0 Å². The topological polar surface area (TPSA) is 53.9 Å². The Hall–Kier alpha value is -2.80. The molecule has 5 nitrogen and oxygen atoms in total. The van der Waals surface area contributed by atoms with Crippen LogP contribution < -0.4 is 5.32 Å². The second kappa shape index (κ2) is 8.14. The fourth-order valence-corrected chi connectivity index (χ4v) is 5.92. The minimum atomic E-state index is -0.213. The molecule has 1 unspecified atom stereocenters. The highest BCUT2D eigenvalue weighted by Crippen LogP contribution is 2.41. The molecule has 1 aliphatic heterocycles. The highest BCUT2D eigenvalue weighted by molar-refractivity contribution is 8.13. The molecule has 0 bridgehead atoms. The second-order valence-corrected chi connectivity index (χ2v) is 9.43. The van der Waals surface area contributed by atoms with Crippen LogP contribution in [0.1, 0.15) is 18.2 Å². The van der Waals surface area contributed by atoms with E-state index >= 15 is 0 Å². The average molecular weight is 434 g/mol. The van der Waals surface area contributed by atoms with Crippen LogP contribution in [0.2, 0.25) is 5.02 Å². The summed E-state index contributed by atoms with van der Waals surface area (Å²) in [6.07, 6.45) is 3.47. The van der Waals surface area contributed by atoms with Gasteiger partial charge in [0.2, 0.25) is 0 Å². The number of para-hydroxylation sites is 1. The Labute approximate surface area is 182 Å². The van der Waals surface area contributed by atoms with Gasteiger partial charge in [0, 0.05) is 22.4 Å². The normalized spacial score (nSPS) is 14.7. The number of nitrogens with zero attached hydrogens (tertiary/aromatic N) is 4. The molecule has 0 saturated heterocycles. The Morgan fingerprint density at radius 1 is 1.03 bits per heavy atom. The molecule has 5 rings (SSSR count). The minimum absolute atomic E-state index is 0.213. The molecule has 1 aliphatic rings. The predicted octanol–water partition coefficient (Wildman–Crippen LogP) is 5.80. The van der Waals surface area contributed by atoms with Crippen molar-refractivity contribution in [2.45, 2.75) is 24.9 Å². The maximum atomic E-state index is 6.49. The van der Waals surface area contributed by atoms with Crippen molar-refractivity contribution < 1.29 is 0 Å². The lowest BCUT2D eigenvalue weighted by atomic mass is 10.2. The lowest BCUT2D eigenvalue weighted by molar-refractivity contribution is 0.504. The molecule has 4 aromatic rings. The number of anilines is 2. The SMILES string of the molecule is CC=S(c1ccccc1Cl)N1Cc2ncnc(Nc3cnc4ccccc4c3)c2C1. The van der Waals surface area contributed by atoms with Gasteiger partial charge in [-0.05, 0) is 36.6 Å². The van der Waals surface area contributed by atoms with Crippen molar-refractivity contribution in [3.8, 4) is 0 Å². The van der Waals surface area contributed by atoms with E-state index in [4.69, 9.17) is 11.6 Å². The number of nitrogens with one attached hydrogen (secondary N) is 1. The van der Waals surface area contributed by atoms with Gasteiger partial charge in [-0.3, -0.25) is 4.98 Å². The molecule has 0 amide bonds. The van der Waals surface area contributed by atoms with E-state index < -0.39 is 0 Å². The number of benzene rings is 2. The first-order valence-electron chi connectivity index (χ1n) is 9.69. The number of pyridine rings is 1. The van der Waals surface area contributed by atoms with Crippen molar-refractivity contribution in [2.75, 3.05) is 5.32 Å². The Morgan fingerprint density at radius 3 is 2.73 bits per heavy atom. The van der Waals surface area contributed by atoms with E-state index in [0.29, 0.717) is 0 Å². The quantitative estimate of drug-likeness (QED) is 0.412. The first-order chi connectivity index (χ1) is 14.7. The molecule has 2 aromatic carbocycles. The molecule has 2 aromatic heterocycles. The monoisotopic (exact) mass is 433 g/mol. The van der Waals surface area contributed by atoms with E-state index in [1.807, 2.05) is 42.6 Å². The van der Waals surface area contributed by atoms with Gasteiger partial charge in [0.25, 0.3) is 0 Å². The summed E-state index contributed by atoms with van der Waals surface area (Å²) >= 11 is 6.49.